The van der Waals surface area contributed by atoms with Crippen molar-refractivity contribution < 1.29 is 13.9 Å². The van der Waals surface area contributed by atoms with Crippen LogP contribution >= 0.6 is 24.0 Å². The fourth-order valence-corrected chi connectivity index (χ4v) is 4.38. The van der Waals surface area contributed by atoms with E-state index in [1.165, 1.54) is 18.4 Å². The maximum Gasteiger partial charge on any atom is 0.191 e. The molecule has 1 aliphatic heterocycles. The summed E-state index contributed by atoms with van der Waals surface area (Å²) in [5, 5.41) is 7.04. The molecule has 2 N–H and O–H groups in total. The number of halogens is 1. The number of furan rings is 1. The van der Waals surface area contributed by atoms with Gasteiger partial charge in [0.2, 0.25) is 0 Å². The Balaban J connectivity index is 0.00000256. The topological polar surface area (TPSA) is 68.0 Å². The van der Waals surface area contributed by atoms with Gasteiger partial charge in [-0.3, -0.25) is 4.99 Å². The lowest BCUT2D eigenvalue weighted by Crippen LogP contribution is -2.46. The fourth-order valence-electron chi connectivity index (χ4n) is 4.38. The van der Waals surface area contributed by atoms with Crippen LogP contribution in [0.5, 0.6) is 5.75 Å². The Labute approximate surface area is 195 Å². The van der Waals surface area contributed by atoms with Crippen LogP contribution in [0.15, 0.2) is 52.1 Å². The molecule has 6 nitrogen and oxygen atoms in total. The van der Waals surface area contributed by atoms with Gasteiger partial charge in [0.1, 0.15) is 23.7 Å². The minimum Gasteiger partial charge on any atom is -0.487 e. The largest absolute Gasteiger partial charge is 0.487 e. The number of guanidine groups is 1. The highest BCUT2D eigenvalue weighted by molar-refractivity contribution is 14.0. The number of ether oxygens (including phenoxy) is 2. The number of nitrogens with zero attached hydrogens (tertiary/aromatic N) is 1. The molecule has 4 rings (SSSR count). The van der Waals surface area contributed by atoms with Crippen molar-refractivity contribution in [3.05, 3.63) is 54.0 Å². The van der Waals surface area contributed by atoms with Gasteiger partial charge >= 0.3 is 0 Å². The van der Waals surface area contributed by atoms with Crippen molar-refractivity contribution in [1.82, 2.24) is 10.6 Å². The average molecular weight is 525 g/mol. The molecule has 1 atom stereocenters. The Hall–Kier alpha value is -1.74. The Morgan fingerprint density at radius 2 is 2.03 bits per heavy atom. The Kier molecular flexibility index (Phi) is 8.44. The average Bonchev–Trinajstić information content (AvgIpc) is 3.42. The maximum absolute atomic E-state index is 6.46. The standard InChI is InChI=1S/C23H31N3O3.HI/c1-24-22(25-13-7-14-27-17-18-8-6-15-28-18)26-20-16-23(11-4-5-12-23)29-21-10-3-2-9-19(20)21;/h2-3,6,8-10,15,20H,4-5,7,11-14,16-17H2,1H3,(H2,24,25,26);1H. The summed E-state index contributed by atoms with van der Waals surface area (Å²) in [5.41, 5.74) is 1.19. The zero-order chi connectivity index (χ0) is 19.9. The van der Waals surface area contributed by atoms with E-state index in [1.807, 2.05) is 19.2 Å². The van der Waals surface area contributed by atoms with Crippen LogP contribution in [0.1, 0.15) is 55.9 Å². The van der Waals surface area contributed by atoms with Crippen molar-refractivity contribution in [3.8, 4) is 5.75 Å². The highest BCUT2D eigenvalue weighted by atomic mass is 127. The summed E-state index contributed by atoms with van der Waals surface area (Å²) in [6.45, 7) is 1.99. The fraction of sp³-hybridized carbons (Fsp3) is 0.522. The van der Waals surface area contributed by atoms with Crippen LogP contribution < -0.4 is 15.4 Å². The van der Waals surface area contributed by atoms with Crippen molar-refractivity contribution in [2.75, 3.05) is 20.2 Å². The summed E-state index contributed by atoms with van der Waals surface area (Å²) in [6.07, 6.45) is 8.32. The van der Waals surface area contributed by atoms with E-state index < -0.39 is 0 Å². The predicted octanol–water partition coefficient (Wildman–Crippen LogP) is 4.81. The summed E-state index contributed by atoms with van der Waals surface area (Å²) in [5.74, 6) is 2.69. The number of nitrogens with one attached hydrogen (secondary N) is 2. The van der Waals surface area contributed by atoms with Gasteiger partial charge < -0.3 is 24.5 Å². The van der Waals surface area contributed by atoms with Gasteiger partial charge in [0.25, 0.3) is 0 Å². The highest BCUT2D eigenvalue weighted by Crippen LogP contribution is 2.46. The third-order valence-corrected chi connectivity index (χ3v) is 5.83. The first-order valence-corrected chi connectivity index (χ1v) is 10.6. The van der Waals surface area contributed by atoms with E-state index in [0.717, 1.165) is 49.7 Å². The van der Waals surface area contributed by atoms with Gasteiger partial charge in [-0.05, 0) is 50.3 Å². The number of benzene rings is 1. The van der Waals surface area contributed by atoms with Gasteiger partial charge in [0.05, 0.1) is 12.3 Å². The zero-order valence-corrected chi connectivity index (χ0v) is 19.9. The molecule has 0 amide bonds. The van der Waals surface area contributed by atoms with Crippen LogP contribution in [-0.2, 0) is 11.3 Å². The van der Waals surface area contributed by atoms with Crippen LogP contribution in [0.25, 0.3) is 0 Å². The smallest absolute Gasteiger partial charge is 0.191 e. The predicted molar refractivity (Wildman–Crippen MR) is 129 cm³/mol. The van der Waals surface area contributed by atoms with E-state index in [9.17, 15) is 0 Å². The molecule has 1 fully saturated rings. The molecular formula is C23H32IN3O3. The molecule has 0 radical (unpaired) electrons. The van der Waals surface area contributed by atoms with E-state index >= 15 is 0 Å². The SMILES string of the molecule is CN=C(NCCCOCc1ccco1)NC1CC2(CCCC2)Oc2ccccc21.I. The van der Waals surface area contributed by atoms with Crippen molar-refractivity contribution in [3.63, 3.8) is 0 Å². The van der Waals surface area contributed by atoms with Crippen molar-refractivity contribution in [2.45, 2.75) is 56.8 Å². The third kappa shape index (κ3) is 5.69. The molecule has 1 aromatic carbocycles. The highest BCUT2D eigenvalue weighted by Gasteiger charge is 2.43. The molecule has 0 saturated heterocycles. The summed E-state index contributed by atoms with van der Waals surface area (Å²) < 4.78 is 17.4. The van der Waals surface area contributed by atoms with Crippen molar-refractivity contribution >= 4 is 29.9 Å². The first-order chi connectivity index (χ1) is 14.3. The normalized spacial score (nSPS) is 19.6. The summed E-state index contributed by atoms with van der Waals surface area (Å²) >= 11 is 0. The first kappa shape index (κ1) is 22.9. The minimum atomic E-state index is -0.0233. The number of hydrogen-bond donors (Lipinski definition) is 2. The minimum absolute atomic E-state index is 0. The quantitative estimate of drug-likeness (QED) is 0.235. The van der Waals surface area contributed by atoms with Gasteiger partial charge in [-0.2, -0.15) is 0 Å². The van der Waals surface area contributed by atoms with Gasteiger partial charge in [-0.15, -0.1) is 24.0 Å². The molecule has 2 aromatic rings. The molecule has 2 aliphatic rings. The Morgan fingerprint density at radius 1 is 1.20 bits per heavy atom. The second kappa shape index (κ2) is 11.0. The van der Waals surface area contributed by atoms with E-state index in [0.29, 0.717) is 13.2 Å². The molecule has 0 bridgehead atoms. The van der Waals surface area contributed by atoms with Crippen LogP contribution in [0.4, 0.5) is 0 Å². The molecule has 1 saturated carbocycles. The molecule has 2 heterocycles. The summed E-state index contributed by atoms with van der Waals surface area (Å²) in [6, 6.07) is 12.4. The molecule has 164 valence electrons. The van der Waals surface area contributed by atoms with Crippen LogP contribution in [0, 0.1) is 0 Å². The van der Waals surface area contributed by atoms with Crippen LogP contribution in [-0.4, -0.2) is 31.8 Å². The zero-order valence-electron chi connectivity index (χ0n) is 17.6. The first-order valence-electron chi connectivity index (χ1n) is 10.6. The van der Waals surface area contributed by atoms with Crippen molar-refractivity contribution in [2.24, 2.45) is 4.99 Å². The van der Waals surface area contributed by atoms with Gasteiger partial charge in [0, 0.05) is 32.2 Å². The molecule has 1 aromatic heterocycles. The number of rotatable bonds is 7. The van der Waals surface area contributed by atoms with Crippen molar-refractivity contribution in [1.29, 1.82) is 0 Å². The lowest BCUT2D eigenvalue weighted by atomic mass is 9.86. The van der Waals surface area contributed by atoms with Crippen LogP contribution in [0.2, 0.25) is 0 Å². The van der Waals surface area contributed by atoms with E-state index in [2.05, 4.69) is 39.9 Å². The summed E-state index contributed by atoms with van der Waals surface area (Å²) in [4.78, 5) is 4.43. The van der Waals surface area contributed by atoms with Gasteiger partial charge in [0.15, 0.2) is 5.96 Å². The lowest BCUT2D eigenvalue weighted by molar-refractivity contribution is 0.0396. The number of hydrogen-bond acceptors (Lipinski definition) is 4. The molecule has 7 heteroatoms. The Morgan fingerprint density at radius 3 is 2.80 bits per heavy atom. The molecule has 1 aliphatic carbocycles. The van der Waals surface area contributed by atoms with Crippen LogP contribution in [0.3, 0.4) is 0 Å². The van der Waals surface area contributed by atoms with E-state index in [4.69, 9.17) is 13.9 Å². The van der Waals surface area contributed by atoms with Gasteiger partial charge in [-0.25, -0.2) is 0 Å². The number of aliphatic imine (C=N–C) groups is 1. The molecule has 30 heavy (non-hydrogen) atoms. The third-order valence-electron chi connectivity index (χ3n) is 5.83. The monoisotopic (exact) mass is 525 g/mol. The second-order valence-corrected chi connectivity index (χ2v) is 7.92. The summed E-state index contributed by atoms with van der Waals surface area (Å²) in [7, 11) is 1.82. The van der Waals surface area contributed by atoms with Gasteiger partial charge in [-0.1, -0.05) is 18.2 Å². The van der Waals surface area contributed by atoms with E-state index in [-0.39, 0.29) is 35.6 Å². The van der Waals surface area contributed by atoms with E-state index in [1.54, 1.807) is 6.26 Å². The number of para-hydroxylation sites is 1. The molecule has 1 spiro atoms. The number of fused-ring (bicyclic) bond motifs is 1. The molecular weight excluding hydrogens is 493 g/mol. The maximum atomic E-state index is 6.46. The molecule has 1 unspecified atom stereocenters. The lowest BCUT2D eigenvalue weighted by Gasteiger charge is -2.40. The second-order valence-electron chi connectivity index (χ2n) is 7.92. The Bertz CT molecular complexity index is 804.